The number of nitrogen functional groups attached to an aromatic ring is 1. The van der Waals surface area contributed by atoms with Gasteiger partial charge in [0, 0.05) is 0 Å². The lowest BCUT2D eigenvalue weighted by atomic mass is 10.2. The Labute approximate surface area is 144 Å². The lowest BCUT2D eigenvalue weighted by Gasteiger charge is -2.04. The number of aromatic nitrogens is 2. The summed E-state index contributed by atoms with van der Waals surface area (Å²) < 4.78 is 10.0. The van der Waals surface area contributed by atoms with Gasteiger partial charge < -0.3 is 10.5 Å². The average molecular weight is 340 g/mol. The van der Waals surface area contributed by atoms with E-state index in [1.165, 1.54) is 0 Å². The van der Waals surface area contributed by atoms with Crippen LogP contribution in [-0.2, 0) is 11.4 Å². The molecule has 3 rings (SSSR count). The summed E-state index contributed by atoms with van der Waals surface area (Å²) in [4.78, 5) is 8.69. The highest BCUT2D eigenvalue weighted by Gasteiger charge is 2.22. The average Bonchev–Trinajstić information content (AvgIpc) is 3.08. The van der Waals surface area contributed by atoms with Gasteiger partial charge in [-0.1, -0.05) is 42.5 Å². The third kappa shape index (κ3) is 4.12. The highest BCUT2D eigenvalue weighted by molar-refractivity contribution is 5.96. The molecule has 0 aliphatic heterocycles. The van der Waals surface area contributed by atoms with Crippen molar-refractivity contribution >= 4 is 17.3 Å². The summed E-state index contributed by atoms with van der Waals surface area (Å²) >= 11 is 0. The molecular formula is C17H18N5O3+. The lowest BCUT2D eigenvalue weighted by Crippen LogP contribution is -2.70. The molecule has 128 valence electrons. The van der Waals surface area contributed by atoms with E-state index in [1.807, 2.05) is 54.6 Å². The summed E-state index contributed by atoms with van der Waals surface area (Å²) in [6.45, 7) is 0.350. The Hall–Kier alpha value is -3.39. The van der Waals surface area contributed by atoms with Crippen LogP contribution in [0, 0.1) is 0 Å². The number of ether oxygens (including phenoxy) is 1. The van der Waals surface area contributed by atoms with Gasteiger partial charge >= 0.3 is 5.84 Å². The van der Waals surface area contributed by atoms with Crippen molar-refractivity contribution in [1.29, 1.82) is 0 Å². The first-order valence-corrected chi connectivity index (χ1v) is 7.55. The molecule has 0 radical (unpaired) electrons. The maximum atomic E-state index is 5.79. The number of anilines is 1. The van der Waals surface area contributed by atoms with Crippen molar-refractivity contribution in [3.63, 3.8) is 0 Å². The lowest BCUT2D eigenvalue weighted by molar-refractivity contribution is -0.360. The third-order valence-corrected chi connectivity index (χ3v) is 3.37. The molecular weight excluding hydrogens is 322 g/mol. The Morgan fingerprint density at radius 1 is 1.12 bits per heavy atom. The topological polar surface area (TPSA) is 109 Å². The van der Waals surface area contributed by atoms with Crippen molar-refractivity contribution in [3.8, 4) is 5.75 Å². The summed E-state index contributed by atoms with van der Waals surface area (Å²) in [5.41, 5.74) is 10.6. The van der Waals surface area contributed by atoms with Crippen LogP contribution in [-0.4, -0.2) is 23.3 Å². The van der Waals surface area contributed by atoms with E-state index >= 15 is 0 Å². The fourth-order valence-corrected chi connectivity index (χ4v) is 2.15. The molecule has 25 heavy (non-hydrogen) atoms. The number of hydrogen-bond donors (Lipinski definition) is 3. The van der Waals surface area contributed by atoms with Gasteiger partial charge in [-0.15, -0.1) is 5.48 Å². The summed E-state index contributed by atoms with van der Waals surface area (Å²) in [5.74, 6) is 1.17. The summed E-state index contributed by atoms with van der Waals surface area (Å²) in [6.07, 6.45) is 0. The molecule has 0 unspecified atom stereocenters. The van der Waals surface area contributed by atoms with E-state index < -0.39 is 0 Å². The Morgan fingerprint density at radius 3 is 2.60 bits per heavy atom. The highest BCUT2D eigenvalue weighted by Crippen LogP contribution is 2.17. The zero-order valence-electron chi connectivity index (χ0n) is 13.6. The van der Waals surface area contributed by atoms with Crippen molar-refractivity contribution in [2.75, 3.05) is 12.8 Å². The number of nitrogens with zero attached hydrogens (tertiary/aromatic N) is 2. The first-order chi connectivity index (χ1) is 12.3. The van der Waals surface area contributed by atoms with Gasteiger partial charge in [0.1, 0.15) is 6.61 Å². The number of benzene rings is 2. The number of para-hydroxylation sites is 2. The Balaban J connectivity index is 1.83. The minimum Gasteiger partial charge on any atom is -0.492 e. The first-order valence-electron chi connectivity index (χ1n) is 7.55. The standard InChI is InChI=1S/C17H17N5O3/c1-23-14-10-6-5-9-13(14)19-17(15-16(18)21-25-20-15)22-24-11-12-7-3-2-4-8-12/h2-10H,11H2,1H3,(H2,18,21)(H,19,22)/p+1. The summed E-state index contributed by atoms with van der Waals surface area (Å²) in [5, 5.41) is 7.39. The zero-order valence-corrected chi connectivity index (χ0v) is 13.6. The second-order valence-corrected chi connectivity index (χ2v) is 5.07. The molecule has 0 bridgehead atoms. The quantitative estimate of drug-likeness (QED) is 0.341. The maximum absolute atomic E-state index is 5.79. The van der Waals surface area contributed by atoms with Crippen LogP contribution in [0.2, 0.25) is 0 Å². The predicted molar refractivity (Wildman–Crippen MR) is 90.8 cm³/mol. The Morgan fingerprint density at radius 2 is 1.88 bits per heavy atom. The van der Waals surface area contributed by atoms with Crippen molar-refractivity contribution in [2.45, 2.75) is 6.61 Å². The van der Waals surface area contributed by atoms with Gasteiger partial charge in [-0.2, -0.15) is 4.84 Å². The fraction of sp³-hybridized carbons (Fsp3) is 0.118. The monoisotopic (exact) mass is 340 g/mol. The summed E-state index contributed by atoms with van der Waals surface area (Å²) in [7, 11) is 1.59. The number of hydrogen-bond acceptors (Lipinski definition) is 6. The van der Waals surface area contributed by atoms with Crippen molar-refractivity contribution in [2.24, 2.45) is 0 Å². The molecule has 1 aromatic heterocycles. The van der Waals surface area contributed by atoms with Crippen molar-refractivity contribution < 1.29 is 19.2 Å². The van der Waals surface area contributed by atoms with E-state index in [9.17, 15) is 0 Å². The van der Waals surface area contributed by atoms with E-state index in [2.05, 4.69) is 25.4 Å². The number of methoxy groups -OCH3 is 1. The first kappa shape index (κ1) is 16.5. The molecule has 0 fully saturated rings. The van der Waals surface area contributed by atoms with Crippen LogP contribution >= 0.6 is 0 Å². The van der Waals surface area contributed by atoms with Gasteiger partial charge in [-0.05, 0) is 28.0 Å². The number of nitrogens with two attached hydrogens (primary N) is 1. The van der Waals surface area contributed by atoms with Gasteiger partial charge in [0.05, 0.1) is 7.11 Å². The van der Waals surface area contributed by atoms with Gasteiger partial charge in [-0.25, -0.2) is 9.62 Å². The van der Waals surface area contributed by atoms with Crippen LogP contribution < -0.4 is 20.9 Å². The Bertz CT molecular complexity index is 848. The van der Waals surface area contributed by atoms with Crippen molar-refractivity contribution in [1.82, 2.24) is 15.8 Å². The molecule has 3 aromatic rings. The van der Waals surface area contributed by atoms with E-state index in [0.29, 0.717) is 29.6 Å². The second-order valence-electron chi connectivity index (χ2n) is 5.07. The minimum absolute atomic E-state index is 0.133. The molecule has 0 saturated carbocycles. The van der Waals surface area contributed by atoms with E-state index in [4.69, 9.17) is 15.3 Å². The van der Waals surface area contributed by atoms with E-state index in [1.54, 1.807) is 7.11 Å². The van der Waals surface area contributed by atoms with Crippen LogP contribution in [0.15, 0.2) is 59.2 Å². The number of rotatable bonds is 6. The van der Waals surface area contributed by atoms with Gasteiger partial charge in [-0.3, -0.25) is 0 Å². The molecule has 8 heteroatoms. The molecule has 1 heterocycles. The second kappa shape index (κ2) is 7.93. The van der Waals surface area contributed by atoms with Gasteiger partial charge in [0.15, 0.2) is 11.4 Å². The van der Waals surface area contributed by atoms with Gasteiger partial charge in [0.25, 0.3) is 0 Å². The predicted octanol–water partition coefficient (Wildman–Crippen LogP) is 0.541. The molecule has 4 N–H and O–H groups in total. The van der Waals surface area contributed by atoms with Crippen LogP contribution in [0.4, 0.5) is 11.5 Å². The van der Waals surface area contributed by atoms with Crippen LogP contribution in [0.5, 0.6) is 5.75 Å². The fourth-order valence-electron chi connectivity index (χ4n) is 2.15. The molecule has 0 aliphatic rings. The highest BCUT2D eigenvalue weighted by atomic mass is 16.6. The molecule has 0 spiro atoms. The molecule has 2 aromatic carbocycles. The summed E-state index contributed by atoms with van der Waals surface area (Å²) in [6, 6.07) is 17.2. The Kier molecular flexibility index (Phi) is 5.22. The SMILES string of the molecule is COc1ccccc1[NH+]=C(NOCc1ccccc1)c1nonc1N. The van der Waals surface area contributed by atoms with E-state index in [-0.39, 0.29) is 5.82 Å². The van der Waals surface area contributed by atoms with Crippen LogP contribution in [0.1, 0.15) is 11.3 Å². The minimum atomic E-state index is 0.133. The molecule has 0 atom stereocenters. The van der Waals surface area contributed by atoms with E-state index in [0.717, 1.165) is 5.56 Å². The maximum Gasteiger partial charge on any atom is 0.337 e. The largest absolute Gasteiger partial charge is 0.492 e. The smallest absolute Gasteiger partial charge is 0.337 e. The number of nitrogens with one attached hydrogen (secondary N) is 2. The molecule has 8 nitrogen and oxygen atoms in total. The zero-order chi connectivity index (χ0) is 17.5. The number of amidine groups is 1. The third-order valence-electron chi connectivity index (χ3n) is 3.37. The van der Waals surface area contributed by atoms with Crippen LogP contribution in [0.25, 0.3) is 0 Å². The van der Waals surface area contributed by atoms with Gasteiger partial charge in [0.2, 0.25) is 11.5 Å². The molecule has 0 aliphatic carbocycles. The number of hydroxylamine groups is 1. The molecule has 0 saturated heterocycles. The van der Waals surface area contributed by atoms with Crippen molar-refractivity contribution in [3.05, 3.63) is 65.9 Å². The molecule has 0 amide bonds. The normalized spacial score (nSPS) is 11.3. The van der Waals surface area contributed by atoms with Crippen LogP contribution in [0.3, 0.4) is 0 Å².